The Morgan fingerprint density at radius 1 is 1.03 bits per heavy atom. The maximum absolute atomic E-state index is 12.2. The summed E-state index contributed by atoms with van der Waals surface area (Å²) in [5, 5.41) is 5.20. The van der Waals surface area contributed by atoms with Gasteiger partial charge in [0, 0.05) is 25.1 Å². The summed E-state index contributed by atoms with van der Waals surface area (Å²) in [5.41, 5.74) is 6.84. The van der Waals surface area contributed by atoms with Crippen LogP contribution in [0, 0.1) is 0 Å². The van der Waals surface area contributed by atoms with Gasteiger partial charge in [-0.2, -0.15) is 0 Å². The second-order valence-corrected chi connectivity index (χ2v) is 6.67. The highest BCUT2D eigenvalue weighted by Crippen LogP contribution is 2.31. The monoisotopic (exact) mass is 410 g/mol. The van der Waals surface area contributed by atoms with Crippen LogP contribution < -0.4 is 26.0 Å². The zero-order chi connectivity index (χ0) is 21.5. The third-order valence-corrected chi connectivity index (χ3v) is 4.50. The molecule has 30 heavy (non-hydrogen) atoms. The molecule has 3 rings (SSSR count). The van der Waals surface area contributed by atoms with E-state index in [1.54, 1.807) is 41.3 Å². The minimum absolute atomic E-state index is 0.0437. The van der Waals surface area contributed by atoms with Crippen molar-refractivity contribution in [3.8, 4) is 5.75 Å². The molecule has 0 unspecified atom stereocenters. The molecule has 0 atom stereocenters. The zero-order valence-corrected chi connectivity index (χ0v) is 16.2. The van der Waals surface area contributed by atoms with E-state index in [-0.39, 0.29) is 44.5 Å². The van der Waals surface area contributed by atoms with Crippen LogP contribution in [-0.4, -0.2) is 43.3 Å². The molecular formula is C21H22N4O5. The minimum atomic E-state index is -0.620. The lowest BCUT2D eigenvalue weighted by molar-refractivity contribution is -0.122. The number of carbonyl (C=O) groups is 4. The van der Waals surface area contributed by atoms with Gasteiger partial charge in [0.1, 0.15) is 5.75 Å². The Morgan fingerprint density at radius 3 is 2.50 bits per heavy atom. The Kier molecular flexibility index (Phi) is 6.63. The number of nitrogens with two attached hydrogens (primary N) is 1. The summed E-state index contributed by atoms with van der Waals surface area (Å²) in [6.45, 7) is 0.268. The van der Waals surface area contributed by atoms with E-state index in [0.29, 0.717) is 17.0 Å². The maximum atomic E-state index is 12.2. The van der Waals surface area contributed by atoms with Crippen molar-refractivity contribution < 1.29 is 23.9 Å². The van der Waals surface area contributed by atoms with Gasteiger partial charge in [0.25, 0.3) is 11.8 Å². The van der Waals surface area contributed by atoms with Crippen LogP contribution in [0.1, 0.15) is 22.3 Å². The molecule has 2 aromatic carbocycles. The van der Waals surface area contributed by atoms with E-state index >= 15 is 0 Å². The molecule has 156 valence electrons. The molecule has 0 saturated carbocycles. The molecule has 0 fully saturated rings. The number of hydrogen-bond acceptors (Lipinski definition) is 5. The molecule has 0 saturated heterocycles. The number of amides is 4. The van der Waals surface area contributed by atoms with Gasteiger partial charge in [0.05, 0.1) is 12.2 Å². The van der Waals surface area contributed by atoms with Crippen molar-refractivity contribution in [3.05, 3.63) is 59.7 Å². The number of rotatable bonds is 8. The second-order valence-electron chi connectivity index (χ2n) is 6.67. The van der Waals surface area contributed by atoms with Gasteiger partial charge in [-0.05, 0) is 29.8 Å². The Bertz CT molecular complexity index is 958. The fourth-order valence-electron chi connectivity index (χ4n) is 2.94. The molecule has 9 nitrogen and oxygen atoms in total. The number of para-hydroxylation sites is 2. The van der Waals surface area contributed by atoms with E-state index in [9.17, 15) is 19.2 Å². The van der Waals surface area contributed by atoms with Crippen molar-refractivity contribution in [1.82, 2.24) is 10.6 Å². The van der Waals surface area contributed by atoms with Crippen molar-refractivity contribution in [2.24, 2.45) is 5.73 Å². The van der Waals surface area contributed by atoms with E-state index in [2.05, 4.69) is 10.6 Å². The van der Waals surface area contributed by atoms with Gasteiger partial charge in [-0.3, -0.25) is 19.2 Å². The van der Waals surface area contributed by atoms with Gasteiger partial charge in [-0.15, -0.1) is 0 Å². The van der Waals surface area contributed by atoms with Crippen molar-refractivity contribution in [3.63, 3.8) is 0 Å². The number of nitrogens with zero attached hydrogens (tertiary/aromatic N) is 1. The molecule has 0 aliphatic carbocycles. The quantitative estimate of drug-likeness (QED) is 0.577. The third kappa shape index (κ3) is 5.34. The van der Waals surface area contributed by atoms with Crippen molar-refractivity contribution >= 4 is 29.3 Å². The summed E-state index contributed by atoms with van der Waals surface area (Å²) in [6.07, 6.45) is 0.147. The number of primary amides is 1. The van der Waals surface area contributed by atoms with Crippen molar-refractivity contribution in [2.75, 3.05) is 24.6 Å². The second kappa shape index (κ2) is 9.55. The van der Waals surface area contributed by atoms with E-state index in [0.717, 1.165) is 5.56 Å². The first-order valence-electron chi connectivity index (χ1n) is 9.38. The molecular weight excluding hydrogens is 388 g/mol. The molecule has 1 aliphatic heterocycles. The lowest BCUT2D eigenvalue weighted by Crippen LogP contribution is -2.41. The summed E-state index contributed by atoms with van der Waals surface area (Å²) < 4.78 is 5.39. The Labute approximate surface area is 173 Å². The van der Waals surface area contributed by atoms with Gasteiger partial charge in [0.2, 0.25) is 11.8 Å². The van der Waals surface area contributed by atoms with Gasteiger partial charge in [-0.25, -0.2) is 0 Å². The Morgan fingerprint density at radius 2 is 1.77 bits per heavy atom. The van der Waals surface area contributed by atoms with Crippen LogP contribution in [0.5, 0.6) is 5.75 Å². The number of nitrogens with one attached hydrogen (secondary N) is 2. The number of hydrogen-bond donors (Lipinski definition) is 3. The van der Waals surface area contributed by atoms with Crippen LogP contribution in [-0.2, 0) is 20.9 Å². The third-order valence-electron chi connectivity index (χ3n) is 4.50. The molecule has 9 heteroatoms. The molecule has 4 amide bonds. The van der Waals surface area contributed by atoms with E-state index < -0.39 is 11.8 Å². The van der Waals surface area contributed by atoms with Crippen LogP contribution in [0.25, 0.3) is 0 Å². The standard InChI is InChI=1S/C21H22N4O5/c22-18(26)12-24-21(29)15-7-5-14(6-8-15)11-23-19(27)9-10-25-16-3-1-2-4-17(16)30-13-20(25)28/h1-8H,9-13H2,(H2,22,26)(H,23,27)(H,24,29). The summed E-state index contributed by atoms with van der Waals surface area (Å²) in [7, 11) is 0. The average Bonchev–Trinajstić information content (AvgIpc) is 2.75. The first kappa shape index (κ1) is 20.8. The Hall–Kier alpha value is -3.88. The van der Waals surface area contributed by atoms with Crippen LogP contribution in [0.15, 0.2) is 48.5 Å². The topological polar surface area (TPSA) is 131 Å². The average molecular weight is 410 g/mol. The highest BCUT2D eigenvalue weighted by Gasteiger charge is 2.25. The Balaban J connectivity index is 1.48. The SMILES string of the molecule is NC(=O)CNC(=O)c1ccc(CNC(=O)CCN2C(=O)COc3ccccc32)cc1. The van der Waals surface area contributed by atoms with Crippen molar-refractivity contribution in [2.45, 2.75) is 13.0 Å². The van der Waals surface area contributed by atoms with E-state index in [4.69, 9.17) is 10.5 Å². The minimum Gasteiger partial charge on any atom is -0.482 e. The number of ether oxygens (including phenoxy) is 1. The highest BCUT2D eigenvalue weighted by atomic mass is 16.5. The lowest BCUT2D eigenvalue weighted by Gasteiger charge is -2.29. The molecule has 4 N–H and O–H groups in total. The van der Waals surface area contributed by atoms with Crippen molar-refractivity contribution in [1.29, 1.82) is 0 Å². The number of benzene rings is 2. The summed E-state index contributed by atoms with van der Waals surface area (Å²) in [5.74, 6) is -0.788. The summed E-state index contributed by atoms with van der Waals surface area (Å²) >= 11 is 0. The smallest absolute Gasteiger partial charge is 0.265 e. The predicted molar refractivity (Wildman–Crippen MR) is 109 cm³/mol. The largest absolute Gasteiger partial charge is 0.482 e. The van der Waals surface area contributed by atoms with Gasteiger partial charge in [-0.1, -0.05) is 24.3 Å². The van der Waals surface area contributed by atoms with Crippen LogP contribution in [0.4, 0.5) is 5.69 Å². The highest BCUT2D eigenvalue weighted by molar-refractivity contribution is 5.98. The molecule has 1 heterocycles. The number of anilines is 1. The first-order chi connectivity index (χ1) is 14.4. The van der Waals surface area contributed by atoms with Crippen LogP contribution in [0.3, 0.4) is 0 Å². The van der Waals surface area contributed by atoms with Gasteiger partial charge in [0.15, 0.2) is 6.61 Å². The van der Waals surface area contributed by atoms with Crippen LogP contribution >= 0.6 is 0 Å². The van der Waals surface area contributed by atoms with Gasteiger partial charge < -0.3 is 26.0 Å². The fourth-order valence-corrected chi connectivity index (χ4v) is 2.94. The predicted octanol–water partition coefficient (Wildman–Crippen LogP) is 0.334. The van der Waals surface area contributed by atoms with Crippen LogP contribution in [0.2, 0.25) is 0 Å². The zero-order valence-electron chi connectivity index (χ0n) is 16.2. The molecule has 0 radical (unpaired) electrons. The number of carbonyl (C=O) groups excluding carboxylic acids is 4. The summed E-state index contributed by atoms with van der Waals surface area (Å²) in [6, 6.07) is 13.8. The molecule has 2 aromatic rings. The molecule has 0 bridgehead atoms. The molecule has 0 spiro atoms. The van der Waals surface area contributed by atoms with E-state index in [1.165, 1.54) is 0 Å². The van der Waals surface area contributed by atoms with Gasteiger partial charge >= 0.3 is 0 Å². The first-order valence-corrected chi connectivity index (χ1v) is 9.38. The summed E-state index contributed by atoms with van der Waals surface area (Å²) in [4.78, 5) is 48.5. The number of fused-ring (bicyclic) bond motifs is 1. The molecule has 1 aliphatic rings. The maximum Gasteiger partial charge on any atom is 0.265 e. The van der Waals surface area contributed by atoms with E-state index in [1.807, 2.05) is 12.1 Å². The normalized spacial score (nSPS) is 12.5. The lowest BCUT2D eigenvalue weighted by atomic mass is 10.1. The fraction of sp³-hybridized carbons (Fsp3) is 0.238. The molecule has 0 aromatic heterocycles.